The number of methoxy groups -OCH3 is 1. The standard InChI is InChI=1S/C19H23NO3/c1-15-10-11-16(14-18(15)22-2)19(21)20-12-6-7-13-23-17-8-4-3-5-9-17/h3-5,8-11,14H,6-7,12-13H2,1-2H3,(H,20,21). The molecule has 23 heavy (non-hydrogen) atoms. The lowest BCUT2D eigenvalue weighted by Crippen LogP contribution is -2.24. The van der Waals surface area contributed by atoms with Crippen LogP contribution in [0.2, 0.25) is 0 Å². The van der Waals surface area contributed by atoms with E-state index in [0.717, 1.165) is 29.9 Å². The predicted octanol–water partition coefficient (Wildman–Crippen LogP) is 3.59. The maximum absolute atomic E-state index is 12.1. The number of rotatable bonds is 8. The molecule has 0 bridgehead atoms. The van der Waals surface area contributed by atoms with E-state index in [1.807, 2.05) is 49.4 Å². The maximum atomic E-state index is 12.1. The van der Waals surface area contributed by atoms with Crippen LogP contribution >= 0.6 is 0 Å². The van der Waals surface area contributed by atoms with Crippen LogP contribution in [0.1, 0.15) is 28.8 Å². The van der Waals surface area contributed by atoms with Crippen molar-refractivity contribution in [3.63, 3.8) is 0 Å². The first-order valence-electron chi connectivity index (χ1n) is 7.81. The van der Waals surface area contributed by atoms with Crippen LogP contribution in [0.25, 0.3) is 0 Å². The molecule has 2 aromatic rings. The zero-order chi connectivity index (χ0) is 16.5. The van der Waals surface area contributed by atoms with E-state index in [1.165, 1.54) is 0 Å². The van der Waals surface area contributed by atoms with Crippen molar-refractivity contribution in [2.24, 2.45) is 0 Å². The van der Waals surface area contributed by atoms with E-state index in [4.69, 9.17) is 9.47 Å². The molecule has 4 heteroatoms. The number of hydrogen-bond donors (Lipinski definition) is 1. The number of para-hydroxylation sites is 1. The molecule has 122 valence electrons. The van der Waals surface area contributed by atoms with Gasteiger partial charge < -0.3 is 14.8 Å². The second-order valence-electron chi connectivity index (χ2n) is 5.31. The van der Waals surface area contributed by atoms with Gasteiger partial charge in [0, 0.05) is 12.1 Å². The zero-order valence-corrected chi connectivity index (χ0v) is 13.7. The van der Waals surface area contributed by atoms with E-state index < -0.39 is 0 Å². The molecule has 0 saturated heterocycles. The molecule has 0 spiro atoms. The summed E-state index contributed by atoms with van der Waals surface area (Å²) in [4.78, 5) is 12.1. The molecule has 2 rings (SSSR count). The Balaban J connectivity index is 1.67. The Labute approximate surface area is 137 Å². The summed E-state index contributed by atoms with van der Waals surface area (Å²) in [5.41, 5.74) is 1.63. The van der Waals surface area contributed by atoms with Crippen molar-refractivity contribution in [1.82, 2.24) is 5.32 Å². The van der Waals surface area contributed by atoms with Crippen LogP contribution in [0.3, 0.4) is 0 Å². The lowest BCUT2D eigenvalue weighted by atomic mass is 10.1. The van der Waals surface area contributed by atoms with Crippen LogP contribution in [-0.2, 0) is 0 Å². The van der Waals surface area contributed by atoms with Gasteiger partial charge in [-0.1, -0.05) is 24.3 Å². The molecular weight excluding hydrogens is 290 g/mol. The first kappa shape index (κ1) is 16.9. The summed E-state index contributed by atoms with van der Waals surface area (Å²) in [6.07, 6.45) is 1.77. The van der Waals surface area contributed by atoms with Gasteiger partial charge in [0.25, 0.3) is 5.91 Å². The Kier molecular flexibility index (Phi) is 6.48. The highest BCUT2D eigenvalue weighted by Crippen LogP contribution is 2.18. The highest BCUT2D eigenvalue weighted by molar-refractivity contribution is 5.94. The summed E-state index contributed by atoms with van der Waals surface area (Å²) in [5.74, 6) is 1.53. The molecule has 4 nitrogen and oxygen atoms in total. The summed E-state index contributed by atoms with van der Waals surface area (Å²) in [5, 5.41) is 2.92. The van der Waals surface area contributed by atoms with Crippen LogP contribution in [0, 0.1) is 6.92 Å². The number of carbonyl (C=O) groups excluding carboxylic acids is 1. The van der Waals surface area contributed by atoms with Crippen LogP contribution in [0.4, 0.5) is 0 Å². The van der Waals surface area contributed by atoms with Gasteiger partial charge in [-0.05, 0) is 49.6 Å². The summed E-state index contributed by atoms with van der Waals surface area (Å²) in [6, 6.07) is 15.2. The van der Waals surface area contributed by atoms with E-state index in [9.17, 15) is 4.79 Å². The molecule has 0 aliphatic carbocycles. The highest BCUT2D eigenvalue weighted by atomic mass is 16.5. The quantitative estimate of drug-likeness (QED) is 0.758. The topological polar surface area (TPSA) is 47.6 Å². The number of ether oxygens (including phenoxy) is 2. The number of aryl methyl sites for hydroxylation is 1. The lowest BCUT2D eigenvalue weighted by molar-refractivity contribution is 0.0952. The van der Waals surface area contributed by atoms with E-state index in [0.29, 0.717) is 18.7 Å². The van der Waals surface area contributed by atoms with Gasteiger partial charge in [0.2, 0.25) is 0 Å². The third kappa shape index (κ3) is 5.33. The highest BCUT2D eigenvalue weighted by Gasteiger charge is 2.07. The van der Waals surface area contributed by atoms with E-state index in [2.05, 4.69) is 5.32 Å². The molecule has 0 heterocycles. The van der Waals surface area contributed by atoms with Crippen molar-refractivity contribution < 1.29 is 14.3 Å². The lowest BCUT2D eigenvalue weighted by Gasteiger charge is -2.09. The molecule has 1 N–H and O–H groups in total. The summed E-state index contributed by atoms with van der Waals surface area (Å²) >= 11 is 0. The molecule has 0 aliphatic heterocycles. The average molecular weight is 313 g/mol. The third-order valence-electron chi connectivity index (χ3n) is 3.54. The van der Waals surface area contributed by atoms with Crippen molar-refractivity contribution in [3.05, 3.63) is 59.7 Å². The van der Waals surface area contributed by atoms with Crippen molar-refractivity contribution in [2.45, 2.75) is 19.8 Å². The first-order chi connectivity index (χ1) is 11.2. The molecule has 1 amide bonds. The second kappa shape index (κ2) is 8.83. The first-order valence-corrected chi connectivity index (χ1v) is 7.81. The molecule has 0 atom stereocenters. The van der Waals surface area contributed by atoms with Crippen LogP contribution in [0.15, 0.2) is 48.5 Å². The minimum Gasteiger partial charge on any atom is -0.496 e. The number of carbonyl (C=O) groups is 1. The molecule has 0 unspecified atom stereocenters. The maximum Gasteiger partial charge on any atom is 0.251 e. The molecular formula is C19H23NO3. The fraction of sp³-hybridized carbons (Fsp3) is 0.316. The van der Waals surface area contributed by atoms with Gasteiger partial charge in [0.1, 0.15) is 11.5 Å². The third-order valence-corrected chi connectivity index (χ3v) is 3.54. The van der Waals surface area contributed by atoms with Crippen molar-refractivity contribution in [1.29, 1.82) is 0 Å². The van der Waals surface area contributed by atoms with Crippen molar-refractivity contribution in [3.8, 4) is 11.5 Å². The van der Waals surface area contributed by atoms with Gasteiger partial charge >= 0.3 is 0 Å². The average Bonchev–Trinajstić information content (AvgIpc) is 2.59. The Bertz CT molecular complexity index is 626. The Morgan fingerprint density at radius 2 is 1.87 bits per heavy atom. The Morgan fingerprint density at radius 3 is 2.61 bits per heavy atom. The molecule has 0 fully saturated rings. The molecule has 2 aromatic carbocycles. The number of unbranched alkanes of at least 4 members (excludes halogenated alkanes) is 1. The van der Waals surface area contributed by atoms with Crippen LogP contribution in [0.5, 0.6) is 11.5 Å². The largest absolute Gasteiger partial charge is 0.496 e. The van der Waals surface area contributed by atoms with Crippen LogP contribution in [-0.4, -0.2) is 26.2 Å². The zero-order valence-electron chi connectivity index (χ0n) is 13.7. The van der Waals surface area contributed by atoms with Gasteiger partial charge in [-0.2, -0.15) is 0 Å². The van der Waals surface area contributed by atoms with Gasteiger partial charge in [-0.15, -0.1) is 0 Å². The van der Waals surface area contributed by atoms with Crippen molar-refractivity contribution >= 4 is 5.91 Å². The molecule has 0 aromatic heterocycles. The minimum absolute atomic E-state index is 0.0766. The SMILES string of the molecule is COc1cc(C(=O)NCCCCOc2ccccc2)ccc1C. The Hall–Kier alpha value is -2.49. The fourth-order valence-corrected chi connectivity index (χ4v) is 2.20. The van der Waals surface area contributed by atoms with Crippen LogP contribution < -0.4 is 14.8 Å². The fourth-order valence-electron chi connectivity index (χ4n) is 2.20. The number of amides is 1. The van der Waals surface area contributed by atoms with Gasteiger partial charge in [-0.25, -0.2) is 0 Å². The smallest absolute Gasteiger partial charge is 0.251 e. The predicted molar refractivity (Wildman–Crippen MR) is 91.2 cm³/mol. The summed E-state index contributed by atoms with van der Waals surface area (Å²) < 4.78 is 10.9. The van der Waals surface area contributed by atoms with E-state index >= 15 is 0 Å². The van der Waals surface area contributed by atoms with E-state index in [-0.39, 0.29) is 5.91 Å². The summed E-state index contributed by atoms with van der Waals surface area (Å²) in [6.45, 7) is 3.23. The monoisotopic (exact) mass is 313 g/mol. The van der Waals surface area contributed by atoms with Gasteiger partial charge in [-0.3, -0.25) is 4.79 Å². The normalized spacial score (nSPS) is 10.2. The van der Waals surface area contributed by atoms with Crippen molar-refractivity contribution in [2.75, 3.05) is 20.3 Å². The van der Waals surface area contributed by atoms with E-state index in [1.54, 1.807) is 13.2 Å². The number of nitrogens with one attached hydrogen (secondary N) is 1. The summed E-state index contributed by atoms with van der Waals surface area (Å²) in [7, 11) is 1.61. The van der Waals surface area contributed by atoms with Gasteiger partial charge in [0.15, 0.2) is 0 Å². The molecule has 0 radical (unpaired) electrons. The Morgan fingerprint density at radius 1 is 1.09 bits per heavy atom. The number of hydrogen-bond acceptors (Lipinski definition) is 3. The molecule has 0 saturated carbocycles. The minimum atomic E-state index is -0.0766. The second-order valence-corrected chi connectivity index (χ2v) is 5.31. The van der Waals surface area contributed by atoms with Gasteiger partial charge in [0.05, 0.1) is 13.7 Å². The molecule has 0 aliphatic rings. The number of benzene rings is 2.